The minimum Gasteiger partial charge on any atom is -0.493 e. The number of sulfone groups is 1. The molecule has 3 aliphatic rings. The minimum atomic E-state index is -3.57. The molecule has 0 saturated carbocycles. The van der Waals surface area contributed by atoms with Crippen LogP contribution in [0.4, 0.5) is 0 Å². The number of benzene rings is 1. The number of hydrogen-bond acceptors (Lipinski definition) is 8. The summed E-state index contributed by atoms with van der Waals surface area (Å²) in [5, 5.41) is 0. The van der Waals surface area contributed by atoms with E-state index in [0.717, 1.165) is 0 Å². The molecule has 9 heteroatoms. The molecule has 2 aliphatic heterocycles. The molecule has 1 aromatic rings. The number of carbonyl (C=O) groups is 2. The number of cyclic esters (lactones) is 2. The Morgan fingerprint density at radius 1 is 1.03 bits per heavy atom. The quantitative estimate of drug-likeness (QED) is 0.511. The topological polar surface area (TPSA) is 105 Å². The number of carbonyl (C=O) groups excluding carboxylic acids is 2. The van der Waals surface area contributed by atoms with E-state index in [1.54, 1.807) is 25.1 Å². The summed E-state index contributed by atoms with van der Waals surface area (Å²) in [6.45, 7) is 4.70. The predicted molar refractivity (Wildman–Crippen MR) is 110 cm³/mol. The van der Waals surface area contributed by atoms with Gasteiger partial charge in [0.05, 0.1) is 20.0 Å². The average Bonchev–Trinajstić information content (AvgIpc) is 3.01. The molecule has 0 aromatic heterocycles. The van der Waals surface area contributed by atoms with Crippen LogP contribution < -0.4 is 9.47 Å². The molecule has 1 spiro atoms. The van der Waals surface area contributed by atoms with Crippen molar-refractivity contribution in [2.75, 3.05) is 20.0 Å². The molecule has 8 nitrogen and oxygen atoms in total. The number of hydrogen-bond donors (Lipinski definition) is 0. The molecule has 0 radical (unpaired) electrons. The molecule has 1 aliphatic carbocycles. The lowest BCUT2D eigenvalue weighted by Crippen LogP contribution is -2.61. The summed E-state index contributed by atoms with van der Waals surface area (Å²) < 4.78 is 47.8. The maximum absolute atomic E-state index is 13.6. The summed E-state index contributed by atoms with van der Waals surface area (Å²) in [7, 11) is -0.599. The van der Waals surface area contributed by atoms with Gasteiger partial charge in [-0.1, -0.05) is 17.7 Å². The van der Waals surface area contributed by atoms with Crippen molar-refractivity contribution in [1.82, 2.24) is 0 Å². The molecule has 1 unspecified atom stereocenters. The van der Waals surface area contributed by atoms with Gasteiger partial charge in [-0.15, -0.1) is 0 Å². The zero-order valence-corrected chi connectivity index (χ0v) is 19.0. The Hall–Kier alpha value is -2.55. The monoisotopic (exact) mass is 450 g/mol. The van der Waals surface area contributed by atoms with E-state index in [1.807, 2.05) is 0 Å². The van der Waals surface area contributed by atoms with E-state index in [1.165, 1.54) is 28.1 Å². The zero-order valence-electron chi connectivity index (χ0n) is 18.2. The Kier molecular flexibility index (Phi) is 4.88. The van der Waals surface area contributed by atoms with Crippen molar-refractivity contribution < 1.29 is 37.0 Å². The lowest BCUT2D eigenvalue weighted by molar-refractivity contribution is -0.257. The van der Waals surface area contributed by atoms with Crippen molar-refractivity contribution in [1.29, 1.82) is 0 Å². The molecule has 2 fully saturated rings. The molecule has 31 heavy (non-hydrogen) atoms. The lowest BCUT2D eigenvalue weighted by Gasteiger charge is -2.49. The van der Waals surface area contributed by atoms with E-state index in [9.17, 15) is 18.0 Å². The summed E-state index contributed by atoms with van der Waals surface area (Å²) in [5.74, 6) is -3.87. The van der Waals surface area contributed by atoms with E-state index in [4.69, 9.17) is 18.9 Å². The SMILES string of the molecule is COc1cccc([C@@H]2CC(C)=C3C(CCS3(=O)=O)C23C(=O)OC(C)(C)OC3=O)c1OC. The van der Waals surface area contributed by atoms with Gasteiger partial charge in [0.15, 0.2) is 26.8 Å². The summed E-state index contributed by atoms with van der Waals surface area (Å²) in [6, 6.07) is 5.22. The van der Waals surface area contributed by atoms with Crippen LogP contribution in [-0.4, -0.2) is 46.1 Å². The fourth-order valence-corrected chi connectivity index (χ4v) is 7.49. The van der Waals surface area contributed by atoms with Crippen LogP contribution in [0.1, 0.15) is 45.1 Å². The van der Waals surface area contributed by atoms with Crippen LogP contribution in [0.3, 0.4) is 0 Å². The third-order valence-electron chi connectivity index (χ3n) is 6.52. The number of para-hydroxylation sites is 1. The summed E-state index contributed by atoms with van der Waals surface area (Å²) in [6.07, 6.45) is 0.307. The highest BCUT2D eigenvalue weighted by atomic mass is 32.2. The highest BCUT2D eigenvalue weighted by molar-refractivity contribution is 7.95. The summed E-state index contributed by atoms with van der Waals surface area (Å²) in [4.78, 5) is 27.3. The normalized spacial score (nSPS) is 28.0. The first-order chi connectivity index (χ1) is 14.5. The third-order valence-corrected chi connectivity index (χ3v) is 8.59. The molecule has 2 saturated heterocycles. The van der Waals surface area contributed by atoms with Crippen LogP contribution in [0.25, 0.3) is 0 Å². The minimum absolute atomic E-state index is 0.127. The number of esters is 2. The van der Waals surface area contributed by atoms with Gasteiger partial charge in [0.25, 0.3) is 5.79 Å². The Labute approximate surface area is 181 Å². The van der Waals surface area contributed by atoms with E-state index < -0.39 is 44.8 Å². The molecule has 1 aromatic carbocycles. The highest BCUT2D eigenvalue weighted by Gasteiger charge is 2.69. The van der Waals surface area contributed by atoms with Gasteiger partial charge in [-0.3, -0.25) is 9.59 Å². The second-order valence-electron chi connectivity index (χ2n) is 8.69. The smallest absolute Gasteiger partial charge is 0.328 e. The largest absolute Gasteiger partial charge is 0.493 e. The highest BCUT2D eigenvalue weighted by Crippen LogP contribution is 2.62. The fourth-order valence-electron chi connectivity index (χ4n) is 5.37. The predicted octanol–water partition coefficient (Wildman–Crippen LogP) is 2.72. The summed E-state index contributed by atoms with van der Waals surface area (Å²) in [5.41, 5.74) is -0.625. The molecule has 0 bridgehead atoms. The van der Waals surface area contributed by atoms with Gasteiger partial charge < -0.3 is 18.9 Å². The van der Waals surface area contributed by atoms with E-state index in [2.05, 4.69) is 0 Å². The van der Waals surface area contributed by atoms with Gasteiger partial charge in [-0.25, -0.2) is 8.42 Å². The first-order valence-electron chi connectivity index (χ1n) is 10.1. The van der Waals surface area contributed by atoms with E-state index in [0.29, 0.717) is 22.6 Å². The van der Waals surface area contributed by atoms with Crippen molar-refractivity contribution in [3.05, 3.63) is 34.2 Å². The van der Waals surface area contributed by atoms with Crippen molar-refractivity contribution in [2.24, 2.45) is 11.3 Å². The second-order valence-corrected chi connectivity index (χ2v) is 10.8. The van der Waals surface area contributed by atoms with E-state index >= 15 is 0 Å². The van der Waals surface area contributed by atoms with Gasteiger partial charge in [0.1, 0.15) is 0 Å². The zero-order chi connectivity index (χ0) is 22.8. The number of fused-ring (bicyclic) bond motifs is 2. The van der Waals surface area contributed by atoms with Crippen molar-refractivity contribution in [3.63, 3.8) is 0 Å². The first-order valence-corrected chi connectivity index (χ1v) is 11.7. The van der Waals surface area contributed by atoms with Gasteiger partial charge >= 0.3 is 11.9 Å². The molecule has 2 atom stereocenters. The average molecular weight is 451 g/mol. The number of methoxy groups -OCH3 is 2. The van der Waals surface area contributed by atoms with Gasteiger partial charge in [-0.2, -0.15) is 0 Å². The van der Waals surface area contributed by atoms with Crippen molar-refractivity contribution in [3.8, 4) is 11.5 Å². The maximum Gasteiger partial charge on any atom is 0.328 e. The van der Waals surface area contributed by atoms with Crippen molar-refractivity contribution >= 4 is 21.8 Å². The van der Waals surface area contributed by atoms with Gasteiger partial charge in [0, 0.05) is 36.2 Å². The molecular weight excluding hydrogens is 424 g/mol. The molecule has 0 N–H and O–H groups in total. The third kappa shape index (κ3) is 2.96. The molecule has 0 amide bonds. The Balaban J connectivity index is 2.02. The Morgan fingerprint density at radius 3 is 2.26 bits per heavy atom. The van der Waals surface area contributed by atoms with Crippen LogP contribution in [0.2, 0.25) is 0 Å². The Morgan fingerprint density at radius 2 is 1.68 bits per heavy atom. The van der Waals surface area contributed by atoms with Crippen LogP contribution in [0, 0.1) is 11.3 Å². The van der Waals surface area contributed by atoms with Crippen LogP contribution in [0.15, 0.2) is 28.7 Å². The molecular formula is C22H26O8S. The van der Waals surface area contributed by atoms with Crippen molar-refractivity contribution in [2.45, 2.75) is 45.3 Å². The number of rotatable bonds is 3. The fraction of sp³-hybridized carbons (Fsp3) is 0.545. The van der Waals surface area contributed by atoms with Crippen LogP contribution in [0.5, 0.6) is 11.5 Å². The van der Waals surface area contributed by atoms with Gasteiger partial charge in [-0.05, 0) is 25.8 Å². The number of ether oxygens (including phenoxy) is 4. The molecule has 2 heterocycles. The first kappa shape index (κ1) is 21.7. The standard InChI is InChI=1S/C22H26O8S/c1-12-11-15(13-7-6-8-16(27-4)17(13)28-5)22(14-9-10-31(25,26)18(12)14)19(23)29-21(2,3)30-20(22)24/h6-8,14-15H,9-11H2,1-5H3/t14?,15-/m0/s1. The summed E-state index contributed by atoms with van der Waals surface area (Å²) >= 11 is 0. The maximum atomic E-state index is 13.6. The van der Waals surface area contributed by atoms with Gasteiger partial charge in [0.2, 0.25) is 0 Å². The number of allylic oxidation sites excluding steroid dienone is 2. The lowest BCUT2D eigenvalue weighted by atomic mass is 9.57. The van der Waals surface area contributed by atoms with E-state index in [-0.39, 0.29) is 23.5 Å². The Bertz CT molecular complexity index is 1080. The van der Waals surface area contributed by atoms with Crippen LogP contribution in [-0.2, 0) is 28.9 Å². The van der Waals surface area contributed by atoms with Crippen LogP contribution >= 0.6 is 0 Å². The second kappa shape index (κ2) is 6.98. The molecule has 168 valence electrons. The molecule has 4 rings (SSSR count).